The van der Waals surface area contributed by atoms with Gasteiger partial charge in [0.1, 0.15) is 0 Å². The van der Waals surface area contributed by atoms with Gasteiger partial charge in [-0.15, -0.1) is 0 Å². The Bertz CT molecular complexity index is 446. The molecule has 0 aliphatic carbocycles. The Kier molecular flexibility index (Phi) is 6.93. The first-order valence-corrected chi connectivity index (χ1v) is 9.47. The maximum Gasteiger partial charge on any atom is 0.193 e. The van der Waals surface area contributed by atoms with Crippen LogP contribution in [0.3, 0.4) is 0 Å². The molecule has 0 aromatic carbocycles. The van der Waals surface area contributed by atoms with Gasteiger partial charge in [0.2, 0.25) is 0 Å². The summed E-state index contributed by atoms with van der Waals surface area (Å²) < 4.78 is 10.8. The van der Waals surface area contributed by atoms with Crippen molar-refractivity contribution < 1.29 is 9.47 Å². The van der Waals surface area contributed by atoms with Crippen molar-refractivity contribution >= 4 is 5.96 Å². The molecule has 0 aromatic rings. The lowest BCUT2D eigenvalue weighted by Crippen LogP contribution is -2.46. The van der Waals surface area contributed by atoms with Gasteiger partial charge in [-0.05, 0) is 26.2 Å². The first-order valence-electron chi connectivity index (χ1n) is 9.47. The number of rotatable bonds is 5. The zero-order valence-electron chi connectivity index (χ0n) is 15.0. The standard InChI is InChI=1S/C18H32N4O2/c1-2-19-18(20-7-3-16-5-11-23-12-6-16)22-8-4-17(15-22)21-9-13-24-14-10-21/h5,17H,2-4,6-15H2,1H3,(H,19,20). The minimum Gasteiger partial charge on any atom is -0.379 e. The number of morpholine rings is 1. The summed E-state index contributed by atoms with van der Waals surface area (Å²) in [5, 5.41) is 3.47. The Hall–Kier alpha value is -1.11. The van der Waals surface area contributed by atoms with Gasteiger partial charge in [-0.25, -0.2) is 0 Å². The molecular formula is C18H32N4O2. The zero-order chi connectivity index (χ0) is 16.6. The highest BCUT2D eigenvalue weighted by atomic mass is 16.5. The SMILES string of the molecule is CCNC(=NCCC1=CCOCC1)N1CCC(N2CCOCC2)C1. The van der Waals surface area contributed by atoms with Crippen molar-refractivity contribution in [2.24, 2.45) is 4.99 Å². The number of hydrogen-bond donors (Lipinski definition) is 1. The largest absolute Gasteiger partial charge is 0.379 e. The number of nitrogens with zero attached hydrogens (tertiary/aromatic N) is 3. The average molecular weight is 336 g/mol. The van der Waals surface area contributed by atoms with Gasteiger partial charge in [0, 0.05) is 45.3 Å². The Labute approximate surface area is 145 Å². The fraction of sp³-hybridized carbons (Fsp3) is 0.833. The topological polar surface area (TPSA) is 49.3 Å². The quantitative estimate of drug-likeness (QED) is 0.463. The van der Waals surface area contributed by atoms with Gasteiger partial charge in [0.25, 0.3) is 0 Å². The van der Waals surface area contributed by atoms with Gasteiger partial charge in [0.15, 0.2) is 5.96 Å². The van der Waals surface area contributed by atoms with Gasteiger partial charge < -0.3 is 19.7 Å². The molecule has 6 heteroatoms. The molecule has 136 valence electrons. The second-order valence-corrected chi connectivity index (χ2v) is 6.71. The Morgan fingerprint density at radius 2 is 2.12 bits per heavy atom. The number of nitrogens with one attached hydrogen (secondary N) is 1. The van der Waals surface area contributed by atoms with Crippen LogP contribution < -0.4 is 5.32 Å². The number of likely N-dealkylation sites (tertiary alicyclic amines) is 1. The van der Waals surface area contributed by atoms with E-state index in [1.54, 1.807) is 0 Å². The Balaban J connectivity index is 1.50. The molecule has 2 saturated heterocycles. The third-order valence-electron chi connectivity index (χ3n) is 5.11. The molecule has 1 atom stereocenters. The van der Waals surface area contributed by atoms with Crippen LogP contribution in [0.1, 0.15) is 26.2 Å². The van der Waals surface area contributed by atoms with Crippen LogP contribution in [0.5, 0.6) is 0 Å². The number of hydrogen-bond acceptors (Lipinski definition) is 4. The first kappa shape index (κ1) is 17.7. The smallest absolute Gasteiger partial charge is 0.193 e. The van der Waals surface area contributed by atoms with Crippen LogP contribution >= 0.6 is 0 Å². The van der Waals surface area contributed by atoms with Crippen LogP contribution in [-0.4, -0.2) is 87.5 Å². The average Bonchev–Trinajstić information content (AvgIpc) is 3.13. The Morgan fingerprint density at radius 3 is 2.88 bits per heavy atom. The summed E-state index contributed by atoms with van der Waals surface area (Å²) in [5.74, 6) is 1.08. The lowest BCUT2D eigenvalue weighted by molar-refractivity contribution is 0.0195. The summed E-state index contributed by atoms with van der Waals surface area (Å²) in [6.45, 7) is 11.7. The van der Waals surface area contributed by atoms with E-state index in [0.717, 1.165) is 84.5 Å². The second-order valence-electron chi connectivity index (χ2n) is 6.71. The number of guanidine groups is 1. The maximum absolute atomic E-state index is 5.48. The van der Waals surface area contributed by atoms with Crippen molar-refractivity contribution in [2.75, 3.05) is 65.7 Å². The second kappa shape index (κ2) is 9.39. The predicted molar refractivity (Wildman–Crippen MR) is 96.5 cm³/mol. The highest BCUT2D eigenvalue weighted by Crippen LogP contribution is 2.17. The molecule has 3 aliphatic heterocycles. The summed E-state index contributed by atoms with van der Waals surface area (Å²) in [6, 6.07) is 0.649. The number of ether oxygens (including phenoxy) is 2. The van der Waals surface area contributed by atoms with Gasteiger partial charge in [-0.1, -0.05) is 11.6 Å². The van der Waals surface area contributed by atoms with Crippen molar-refractivity contribution in [3.63, 3.8) is 0 Å². The summed E-state index contributed by atoms with van der Waals surface area (Å²) in [7, 11) is 0. The monoisotopic (exact) mass is 336 g/mol. The Morgan fingerprint density at radius 1 is 1.25 bits per heavy atom. The minimum absolute atomic E-state index is 0.649. The van der Waals surface area contributed by atoms with E-state index < -0.39 is 0 Å². The van der Waals surface area contributed by atoms with Gasteiger partial charge in [-0.3, -0.25) is 9.89 Å². The highest BCUT2D eigenvalue weighted by molar-refractivity contribution is 5.80. The van der Waals surface area contributed by atoms with Crippen molar-refractivity contribution in [2.45, 2.75) is 32.2 Å². The van der Waals surface area contributed by atoms with Crippen LogP contribution in [-0.2, 0) is 9.47 Å². The molecule has 2 fully saturated rings. The van der Waals surface area contributed by atoms with Crippen LogP contribution in [0, 0.1) is 0 Å². The molecule has 0 spiro atoms. The molecule has 3 aliphatic rings. The summed E-state index contributed by atoms with van der Waals surface area (Å²) in [6.07, 6.45) is 5.57. The molecule has 3 heterocycles. The van der Waals surface area contributed by atoms with Crippen molar-refractivity contribution in [3.05, 3.63) is 11.6 Å². The molecule has 0 radical (unpaired) electrons. The minimum atomic E-state index is 0.649. The molecule has 0 bridgehead atoms. The van der Waals surface area contributed by atoms with E-state index >= 15 is 0 Å². The van der Waals surface area contributed by atoms with Crippen LogP contribution in [0.15, 0.2) is 16.6 Å². The van der Waals surface area contributed by atoms with Gasteiger partial charge in [0.05, 0.1) is 26.4 Å². The highest BCUT2D eigenvalue weighted by Gasteiger charge is 2.30. The van der Waals surface area contributed by atoms with E-state index in [9.17, 15) is 0 Å². The van der Waals surface area contributed by atoms with Crippen LogP contribution in [0.25, 0.3) is 0 Å². The molecule has 0 saturated carbocycles. The molecule has 1 unspecified atom stereocenters. The summed E-state index contributed by atoms with van der Waals surface area (Å²) >= 11 is 0. The lowest BCUT2D eigenvalue weighted by Gasteiger charge is -2.32. The van der Waals surface area contributed by atoms with Gasteiger partial charge >= 0.3 is 0 Å². The number of aliphatic imine (C=N–C) groups is 1. The predicted octanol–water partition coefficient (Wildman–Crippen LogP) is 1.10. The zero-order valence-corrected chi connectivity index (χ0v) is 15.0. The van der Waals surface area contributed by atoms with Gasteiger partial charge in [-0.2, -0.15) is 0 Å². The fourth-order valence-corrected chi connectivity index (χ4v) is 3.70. The van der Waals surface area contributed by atoms with E-state index in [0.29, 0.717) is 6.04 Å². The van der Waals surface area contributed by atoms with Crippen LogP contribution in [0.2, 0.25) is 0 Å². The van der Waals surface area contributed by atoms with Crippen LogP contribution in [0.4, 0.5) is 0 Å². The van der Waals surface area contributed by atoms with Crippen molar-refractivity contribution in [3.8, 4) is 0 Å². The maximum atomic E-state index is 5.48. The molecule has 3 rings (SSSR count). The van der Waals surface area contributed by atoms with Crippen molar-refractivity contribution in [1.82, 2.24) is 15.1 Å². The van der Waals surface area contributed by atoms with E-state index in [1.807, 2.05) is 0 Å². The first-order chi connectivity index (χ1) is 11.9. The molecule has 24 heavy (non-hydrogen) atoms. The van der Waals surface area contributed by atoms with Crippen molar-refractivity contribution in [1.29, 1.82) is 0 Å². The van der Waals surface area contributed by atoms with E-state index in [2.05, 4.69) is 28.1 Å². The summed E-state index contributed by atoms with van der Waals surface area (Å²) in [4.78, 5) is 9.89. The normalized spacial score (nSPS) is 26.5. The lowest BCUT2D eigenvalue weighted by atomic mass is 10.1. The summed E-state index contributed by atoms with van der Waals surface area (Å²) in [5.41, 5.74) is 1.49. The van der Waals surface area contributed by atoms with E-state index in [4.69, 9.17) is 14.5 Å². The molecule has 0 amide bonds. The third kappa shape index (κ3) is 4.94. The molecule has 1 N–H and O–H groups in total. The molecular weight excluding hydrogens is 304 g/mol. The molecule has 0 aromatic heterocycles. The third-order valence-corrected chi connectivity index (χ3v) is 5.11. The van der Waals surface area contributed by atoms with E-state index in [1.165, 1.54) is 12.0 Å². The fourth-order valence-electron chi connectivity index (χ4n) is 3.70. The molecule has 6 nitrogen and oxygen atoms in total. The van der Waals surface area contributed by atoms with E-state index in [-0.39, 0.29) is 0 Å².